The highest BCUT2D eigenvalue weighted by Crippen LogP contribution is 2.33. The van der Waals surface area contributed by atoms with Gasteiger partial charge in [0.2, 0.25) is 0 Å². The van der Waals surface area contributed by atoms with Crippen LogP contribution in [0.1, 0.15) is 24.1 Å². The van der Waals surface area contributed by atoms with E-state index in [2.05, 4.69) is 43.3 Å². The maximum absolute atomic E-state index is 5.97. The van der Waals surface area contributed by atoms with Crippen molar-refractivity contribution in [2.45, 2.75) is 31.3 Å². The molecule has 1 aliphatic rings. The monoisotopic (exact) mass is 352 g/mol. The summed E-state index contributed by atoms with van der Waals surface area (Å²) in [6.45, 7) is 0.915. The maximum atomic E-state index is 5.97. The molecule has 4 heteroatoms. The SMILES string of the molecule is BrCC1(Cc2cc(Br)cs2)CCCCO1. The molecule has 84 valence electrons. The Kier molecular flexibility index (Phi) is 4.27. The zero-order valence-electron chi connectivity index (χ0n) is 8.47. The molecule has 0 amide bonds. The minimum absolute atomic E-state index is 0.0442. The molecule has 1 saturated heterocycles. The predicted octanol–water partition coefficient (Wildman–Crippen LogP) is 4.39. The number of alkyl halides is 1. The summed E-state index contributed by atoms with van der Waals surface area (Å²) in [5.74, 6) is 0. The molecule has 1 aromatic rings. The molecular formula is C11H14Br2OS. The van der Waals surface area contributed by atoms with E-state index in [9.17, 15) is 0 Å². The summed E-state index contributed by atoms with van der Waals surface area (Å²) in [5.41, 5.74) is 0.0442. The van der Waals surface area contributed by atoms with Crippen LogP contribution in [0.2, 0.25) is 0 Å². The number of thiophene rings is 1. The van der Waals surface area contributed by atoms with Gasteiger partial charge >= 0.3 is 0 Å². The highest BCUT2D eigenvalue weighted by molar-refractivity contribution is 9.10. The second-order valence-corrected chi connectivity index (χ2v) is 6.50. The molecule has 1 nitrogen and oxygen atoms in total. The molecule has 0 bridgehead atoms. The van der Waals surface area contributed by atoms with Crippen molar-refractivity contribution in [2.24, 2.45) is 0 Å². The van der Waals surface area contributed by atoms with Crippen molar-refractivity contribution in [3.8, 4) is 0 Å². The Balaban J connectivity index is 2.06. The first-order valence-electron chi connectivity index (χ1n) is 5.17. The second kappa shape index (κ2) is 5.30. The molecule has 1 aromatic heterocycles. The Morgan fingerprint density at radius 1 is 1.47 bits per heavy atom. The highest BCUT2D eigenvalue weighted by Gasteiger charge is 2.32. The quantitative estimate of drug-likeness (QED) is 0.732. The fourth-order valence-electron chi connectivity index (χ4n) is 1.97. The molecule has 15 heavy (non-hydrogen) atoms. The molecule has 2 rings (SSSR count). The third-order valence-corrected chi connectivity index (χ3v) is 5.52. The van der Waals surface area contributed by atoms with Crippen LogP contribution < -0.4 is 0 Å². The van der Waals surface area contributed by atoms with Gasteiger partial charge in [0.1, 0.15) is 0 Å². The second-order valence-electron chi connectivity index (χ2n) is 4.03. The van der Waals surface area contributed by atoms with Crippen LogP contribution in [-0.2, 0) is 11.2 Å². The summed E-state index contributed by atoms with van der Waals surface area (Å²) < 4.78 is 7.16. The molecule has 0 aromatic carbocycles. The summed E-state index contributed by atoms with van der Waals surface area (Å²) in [5, 5.41) is 3.08. The van der Waals surface area contributed by atoms with E-state index in [1.807, 2.05) is 11.3 Å². The Hall–Kier alpha value is 0.620. The van der Waals surface area contributed by atoms with Crippen LogP contribution in [0.4, 0.5) is 0 Å². The fourth-order valence-corrected chi connectivity index (χ4v) is 4.19. The van der Waals surface area contributed by atoms with E-state index in [-0.39, 0.29) is 5.60 Å². The number of ether oxygens (including phenoxy) is 1. The normalized spacial score (nSPS) is 26.8. The van der Waals surface area contributed by atoms with Gasteiger partial charge in [-0.2, -0.15) is 0 Å². The number of hydrogen-bond acceptors (Lipinski definition) is 2. The Bertz CT molecular complexity index is 318. The summed E-state index contributed by atoms with van der Waals surface area (Å²) in [7, 11) is 0. The standard InChI is InChI=1S/C11H14Br2OS/c12-8-11(3-1-2-4-14-11)6-10-5-9(13)7-15-10/h5,7H,1-4,6,8H2. The van der Waals surface area contributed by atoms with Crippen molar-refractivity contribution in [3.05, 3.63) is 20.8 Å². The van der Waals surface area contributed by atoms with Crippen molar-refractivity contribution >= 4 is 43.2 Å². The van der Waals surface area contributed by atoms with E-state index in [4.69, 9.17) is 4.74 Å². The molecule has 1 aliphatic heterocycles. The molecule has 1 fully saturated rings. The number of halogens is 2. The molecule has 1 unspecified atom stereocenters. The van der Waals surface area contributed by atoms with Gasteiger partial charge in [0.15, 0.2) is 0 Å². The van der Waals surface area contributed by atoms with E-state index >= 15 is 0 Å². The maximum Gasteiger partial charge on any atom is 0.0826 e. The van der Waals surface area contributed by atoms with Gasteiger partial charge in [0.05, 0.1) is 5.60 Å². The minimum Gasteiger partial charge on any atom is -0.374 e. The number of hydrogen-bond donors (Lipinski definition) is 0. The van der Waals surface area contributed by atoms with E-state index in [0.29, 0.717) is 0 Å². The molecular weight excluding hydrogens is 340 g/mol. The summed E-state index contributed by atoms with van der Waals surface area (Å²) >= 11 is 8.90. The van der Waals surface area contributed by atoms with Crippen LogP contribution in [0.5, 0.6) is 0 Å². The van der Waals surface area contributed by atoms with Crippen LogP contribution >= 0.6 is 43.2 Å². The van der Waals surface area contributed by atoms with E-state index < -0.39 is 0 Å². The molecule has 2 heterocycles. The zero-order chi connectivity index (χ0) is 10.7. The molecule has 1 atom stereocenters. The molecule has 0 saturated carbocycles. The van der Waals surface area contributed by atoms with Gasteiger partial charge in [-0.1, -0.05) is 15.9 Å². The van der Waals surface area contributed by atoms with Crippen molar-refractivity contribution in [3.63, 3.8) is 0 Å². The van der Waals surface area contributed by atoms with Crippen LogP contribution in [0, 0.1) is 0 Å². The Morgan fingerprint density at radius 2 is 2.33 bits per heavy atom. The van der Waals surface area contributed by atoms with E-state index in [0.717, 1.165) is 18.4 Å². The van der Waals surface area contributed by atoms with Gasteiger partial charge in [-0.25, -0.2) is 0 Å². The lowest BCUT2D eigenvalue weighted by atomic mass is 9.92. The van der Waals surface area contributed by atoms with Gasteiger partial charge in [0.25, 0.3) is 0 Å². The smallest absolute Gasteiger partial charge is 0.0826 e. The Morgan fingerprint density at radius 3 is 2.87 bits per heavy atom. The predicted molar refractivity (Wildman–Crippen MR) is 72.1 cm³/mol. The van der Waals surface area contributed by atoms with Gasteiger partial charge in [-0.05, 0) is 41.3 Å². The first-order valence-corrected chi connectivity index (χ1v) is 7.96. The van der Waals surface area contributed by atoms with Gasteiger partial charge in [-0.3, -0.25) is 0 Å². The average molecular weight is 354 g/mol. The number of rotatable bonds is 3. The molecule has 0 aliphatic carbocycles. The summed E-state index contributed by atoms with van der Waals surface area (Å²) in [4.78, 5) is 1.41. The van der Waals surface area contributed by atoms with Gasteiger partial charge < -0.3 is 4.74 Å². The van der Waals surface area contributed by atoms with Crippen LogP contribution in [0.25, 0.3) is 0 Å². The van der Waals surface area contributed by atoms with Gasteiger partial charge in [-0.15, -0.1) is 11.3 Å². The lowest BCUT2D eigenvalue weighted by Gasteiger charge is -2.35. The third kappa shape index (κ3) is 3.05. The van der Waals surface area contributed by atoms with Crippen molar-refractivity contribution in [1.29, 1.82) is 0 Å². The van der Waals surface area contributed by atoms with Crippen LogP contribution in [0.15, 0.2) is 15.9 Å². The molecule has 0 radical (unpaired) electrons. The zero-order valence-corrected chi connectivity index (χ0v) is 12.5. The van der Waals surface area contributed by atoms with E-state index in [1.54, 1.807) is 0 Å². The largest absolute Gasteiger partial charge is 0.374 e. The minimum atomic E-state index is 0.0442. The first kappa shape index (κ1) is 12.1. The Labute approximate surface area is 111 Å². The fraction of sp³-hybridized carbons (Fsp3) is 0.636. The van der Waals surface area contributed by atoms with E-state index in [1.165, 1.54) is 28.6 Å². The summed E-state index contributed by atoms with van der Waals surface area (Å²) in [6, 6.07) is 2.20. The van der Waals surface area contributed by atoms with Crippen LogP contribution in [-0.4, -0.2) is 17.5 Å². The highest BCUT2D eigenvalue weighted by atomic mass is 79.9. The topological polar surface area (TPSA) is 9.23 Å². The first-order chi connectivity index (χ1) is 7.24. The lowest BCUT2D eigenvalue weighted by Crippen LogP contribution is -2.40. The third-order valence-electron chi connectivity index (χ3n) is 2.80. The van der Waals surface area contributed by atoms with Crippen molar-refractivity contribution < 1.29 is 4.74 Å². The lowest BCUT2D eigenvalue weighted by molar-refractivity contribution is -0.0592. The molecule has 0 spiro atoms. The summed E-state index contributed by atoms with van der Waals surface area (Å²) in [6.07, 6.45) is 4.71. The average Bonchev–Trinajstić information content (AvgIpc) is 2.65. The molecule has 0 N–H and O–H groups in total. The van der Waals surface area contributed by atoms with Crippen LogP contribution in [0.3, 0.4) is 0 Å². The van der Waals surface area contributed by atoms with Crippen molar-refractivity contribution in [1.82, 2.24) is 0 Å². The van der Waals surface area contributed by atoms with Crippen molar-refractivity contribution in [2.75, 3.05) is 11.9 Å². The van der Waals surface area contributed by atoms with Gasteiger partial charge in [0, 0.05) is 33.1 Å².